The van der Waals surface area contributed by atoms with Gasteiger partial charge in [-0.25, -0.2) is 0 Å². The molecule has 0 aliphatic carbocycles. The van der Waals surface area contributed by atoms with E-state index in [2.05, 4.69) is 26.2 Å². The quantitative estimate of drug-likeness (QED) is 0.325. The van der Waals surface area contributed by atoms with Crippen LogP contribution in [0.2, 0.25) is 0 Å². The standard InChI is InChI=1S/C20H15BrN4O3S/c21-16-12-29-18-8-17(20(26)23-10-14-4-2-6-22-9-14)24(19(16)18)11-13-3-1-5-15(7-13)25(27)28/h1-9,12H,10-11H2,(H,23,26). The van der Waals surface area contributed by atoms with Crippen LogP contribution in [0.15, 0.2) is 64.7 Å². The maximum absolute atomic E-state index is 12.9. The van der Waals surface area contributed by atoms with Crippen LogP contribution in [0.4, 0.5) is 5.69 Å². The molecule has 0 bridgehead atoms. The molecule has 29 heavy (non-hydrogen) atoms. The molecule has 0 radical (unpaired) electrons. The first-order valence-electron chi connectivity index (χ1n) is 8.69. The summed E-state index contributed by atoms with van der Waals surface area (Å²) in [6, 6.07) is 12.0. The number of nitro groups is 1. The Hall–Kier alpha value is -3.04. The first kappa shape index (κ1) is 19.3. The summed E-state index contributed by atoms with van der Waals surface area (Å²) in [5.41, 5.74) is 3.07. The van der Waals surface area contributed by atoms with Crippen molar-refractivity contribution in [2.24, 2.45) is 0 Å². The topological polar surface area (TPSA) is 90.1 Å². The molecule has 0 spiro atoms. The number of thiophene rings is 1. The van der Waals surface area contributed by atoms with Gasteiger partial charge < -0.3 is 9.88 Å². The third kappa shape index (κ3) is 4.06. The molecule has 7 nitrogen and oxygen atoms in total. The predicted molar refractivity (Wildman–Crippen MR) is 115 cm³/mol. The third-order valence-corrected chi connectivity index (χ3v) is 6.27. The summed E-state index contributed by atoms with van der Waals surface area (Å²) in [7, 11) is 0. The number of hydrogen-bond donors (Lipinski definition) is 1. The second-order valence-corrected chi connectivity index (χ2v) is 8.15. The van der Waals surface area contributed by atoms with Crippen molar-refractivity contribution in [1.29, 1.82) is 0 Å². The number of carbonyl (C=O) groups is 1. The number of fused-ring (bicyclic) bond motifs is 1. The van der Waals surface area contributed by atoms with Crippen LogP contribution in [-0.4, -0.2) is 20.4 Å². The molecule has 0 aliphatic rings. The van der Waals surface area contributed by atoms with E-state index in [9.17, 15) is 14.9 Å². The number of benzene rings is 1. The van der Waals surface area contributed by atoms with Crippen molar-refractivity contribution in [2.45, 2.75) is 13.1 Å². The van der Waals surface area contributed by atoms with Gasteiger partial charge in [0.2, 0.25) is 0 Å². The Morgan fingerprint density at radius 1 is 1.24 bits per heavy atom. The number of aromatic nitrogens is 2. The lowest BCUT2D eigenvalue weighted by molar-refractivity contribution is -0.384. The van der Waals surface area contributed by atoms with Gasteiger partial charge in [0.1, 0.15) is 5.69 Å². The second-order valence-electron chi connectivity index (χ2n) is 6.38. The van der Waals surface area contributed by atoms with Gasteiger partial charge in [-0.3, -0.25) is 19.9 Å². The molecule has 3 heterocycles. The smallest absolute Gasteiger partial charge is 0.269 e. The van der Waals surface area contributed by atoms with E-state index in [0.717, 1.165) is 25.8 Å². The Balaban J connectivity index is 1.67. The van der Waals surface area contributed by atoms with Crippen molar-refractivity contribution < 1.29 is 9.72 Å². The fraction of sp³-hybridized carbons (Fsp3) is 0.100. The number of halogens is 1. The summed E-state index contributed by atoms with van der Waals surface area (Å²) in [5.74, 6) is -0.213. The van der Waals surface area contributed by atoms with Crippen molar-refractivity contribution in [2.75, 3.05) is 0 Å². The number of amides is 1. The minimum absolute atomic E-state index is 0.0258. The Morgan fingerprint density at radius 3 is 2.83 bits per heavy atom. The maximum Gasteiger partial charge on any atom is 0.269 e. The number of hydrogen-bond acceptors (Lipinski definition) is 5. The third-order valence-electron chi connectivity index (χ3n) is 4.45. The zero-order valence-electron chi connectivity index (χ0n) is 15.0. The van der Waals surface area contributed by atoms with Crippen LogP contribution in [0.1, 0.15) is 21.6 Å². The minimum Gasteiger partial charge on any atom is -0.347 e. The van der Waals surface area contributed by atoms with E-state index < -0.39 is 4.92 Å². The average molecular weight is 471 g/mol. The molecule has 0 unspecified atom stereocenters. The Bertz CT molecular complexity index is 1200. The lowest BCUT2D eigenvalue weighted by atomic mass is 10.2. The van der Waals surface area contributed by atoms with Gasteiger partial charge in [-0.05, 0) is 39.2 Å². The highest BCUT2D eigenvalue weighted by atomic mass is 79.9. The van der Waals surface area contributed by atoms with Gasteiger partial charge in [-0.1, -0.05) is 18.2 Å². The van der Waals surface area contributed by atoms with Crippen LogP contribution in [0.5, 0.6) is 0 Å². The second kappa shape index (κ2) is 8.14. The average Bonchev–Trinajstić information content (AvgIpc) is 3.27. The Labute approximate surface area is 178 Å². The van der Waals surface area contributed by atoms with Gasteiger partial charge >= 0.3 is 0 Å². The largest absolute Gasteiger partial charge is 0.347 e. The zero-order chi connectivity index (χ0) is 20.4. The fourth-order valence-electron chi connectivity index (χ4n) is 3.11. The molecular formula is C20H15BrN4O3S. The number of nitro benzene ring substituents is 1. The first-order chi connectivity index (χ1) is 14.0. The van der Waals surface area contributed by atoms with Crippen LogP contribution in [-0.2, 0) is 13.1 Å². The van der Waals surface area contributed by atoms with Crippen molar-refractivity contribution in [1.82, 2.24) is 14.9 Å². The van der Waals surface area contributed by atoms with Crippen LogP contribution in [0.25, 0.3) is 10.2 Å². The van der Waals surface area contributed by atoms with Crippen LogP contribution in [0, 0.1) is 10.1 Å². The number of nitrogens with zero attached hydrogens (tertiary/aromatic N) is 3. The van der Waals surface area contributed by atoms with Crippen molar-refractivity contribution in [3.05, 3.63) is 91.6 Å². The number of carbonyl (C=O) groups excluding carboxylic acids is 1. The molecule has 0 fully saturated rings. The minimum atomic E-state index is -0.420. The van der Waals surface area contributed by atoms with Gasteiger partial charge in [-0.2, -0.15) is 0 Å². The number of rotatable bonds is 6. The lowest BCUT2D eigenvalue weighted by Crippen LogP contribution is -2.25. The lowest BCUT2D eigenvalue weighted by Gasteiger charge is -2.11. The van der Waals surface area contributed by atoms with Crippen molar-refractivity contribution >= 4 is 49.1 Å². The molecule has 9 heteroatoms. The molecule has 1 amide bonds. The van der Waals surface area contributed by atoms with Gasteiger partial charge in [-0.15, -0.1) is 11.3 Å². The van der Waals surface area contributed by atoms with E-state index in [0.29, 0.717) is 18.8 Å². The van der Waals surface area contributed by atoms with Gasteiger partial charge in [0, 0.05) is 43.0 Å². The summed E-state index contributed by atoms with van der Waals surface area (Å²) in [6.45, 7) is 0.708. The van der Waals surface area contributed by atoms with Crippen LogP contribution >= 0.6 is 27.3 Å². The maximum atomic E-state index is 12.9. The SMILES string of the molecule is O=C(NCc1cccnc1)c1cc2scc(Br)c2n1Cc1cccc([N+](=O)[O-])c1. The Kier molecular flexibility index (Phi) is 5.41. The van der Waals surface area contributed by atoms with Crippen molar-refractivity contribution in [3.63, 3.8) is 0 Å². The molecule has 0 aliphatic heterocycles. The Morgan fingerprint density at radius 2 is 2.07 bits per heavy atom. The molecule has 4 aromatic rings. The molecule has 1 aromatic carbocycles. The highest BCUT2D eigenvalue weighted by molar-refractivity contribution is 9.10. The first-order valence-corrected chi connectivity index (χ1v) is 10.4. The van der Waals surface area contributed by atoms with E-state index in [-0.39, 0.29) is 11.6 Å². The van der Waals surface area contributed by atoms with E-state index in [4.69, 9.17) is 0 Å². The normalized spacial score (nSPS) is 10.9. The molecular weight excluding hydrogens is 456 g/mol. The highest BCUT2D eigenvalue weighted by Gasteiger charge is 2.19. The van der Waals surface area contributed by atoms with E-state index in [1.54, 1.807) is 18.5 Å². The molecule has 0 atom stereocenters. The van der Waals surface area contributed by atoms with Crippen LogP contribution in [0.3, 0.4) is 0 Å². The number of nitrogens with one attached hydrogen (secondary N) is 1. The van der Waals surface area contributed by atoms with Gasteiger partial charge in [0.25, 0.3) is 11.6 Å². The monoisotopic (exact) mass is 470 g/mol. The van der Waals surface area contributed by atoms with E-state index in [1.807, 2.05) is 34.2 Å². The van der Waals surface area contributed by atoms with Crippen LogP contribution < -0.4 is 5.32 Å². The van der Waals surface area contributed by atoms with Gasteiger partial charge in [0.05, 0.1) is 19.6 Å². The number of pyridine rings is 1. The molecule has 0 saturated heterocycles. The zero-order valence-corrected chi connectivity index (χ0v) is 17.4. The fourth-order valence-corrected chi connectivity index (χ4v) is 4.80. The number of non-ortho nitro benzene ring substituents is 1. The molecule has 0 saturated carbocycles. The predicted octanol–water partition coefficient (Wildman–Crippen LogP) is 4.75. The van der Waals surface area contributed by atoms with E-state index >= 15 is 0 Å². The molecule has 146 valence electrons. The summed E-state index contributed by atoms with van der Waals surface area (Å²) < 4.78 is 3.73. The highest BCUT2D eigenvalue weighted by Crippen LogP contribution is 2.34. The molecule has 3 aromatic heterocycles. The molecule has 1 N–H and O–H groups in total. The van der Waals surface area contributed by atoms with E-state index in [1.165, 1.54) is 23.5 Å². The summed E-state index contributed by atoms with van der Waals surface area (Å²) in [5, 5.41) is 16.0. The summed E-state index contributed by atoms with van der Waals surface area (Å²) >= 11 is 5.08. The van der Waals surface area contributed by atoms with Gasteiger partial charge in [0.15, 0.2) is 0 Å². The summed E-state index contributed by atoms with van der Waals surface area (Å²) in [4.78, 5) is 27.6. The molecule has 4 rings (SSSR count). The summed E-state index contributed by atoms with van der Waals surface area (Å²) in [6.07, 6.45) is 3.39. The van der Waals surface area contributed by atoms with Crippen molar-refractivity contribution in [3.8, 4) is 0 Å².